The third-order valence-corrected chi connectivity index (χ3v) is 5.79. The van der Waals surface area contributed by atoms with Crippen LogP contribution in [0.1, 0.15) is 28.1 Å². The number of rotatable bonds is 5. The van der Waals surface area contributed by atoms with Crippen LogP contribution in [0, 0.1) is 6.92 Å². The van der Waals surface area contributed by atoms with Crippen LogP contribution in [-0.4, -0.2) is 25.7 Å². The number of para-hydroxylation sites is 1. The van der Waals surface area contributed by atoms with Gasteiger partial charge in [0.15, 0.2) is 11.0 Å². The summed E-state index contributed by atoms with van der Waals surface area (Å²) in [6.45, 7) is 4.05. The fraction of sp³-hybridized carbons (Fsp3) is 0.158. The zero-order chi connectivity index (χ0) is 18.8. The summed E-state index contributed by atoms with van der Waals surface area (Å²) in [7, 11) is 0. The Bertz CT molecular complexity index is 1070. The number of carbonyl (C=O) groups excluding carboxylic acids is 1. The molecule has 0 saturated carbocycles. The van der Waals surface area contributed by atoms with Crippen molar-refractivity contribution >= 4 is 33.7 Å². The van der Waals surface area contributed by atoms with Gasteiger partial charge in [0.25, 0.3) is 5.91 Å². The van der Waals surface area contributed by atoms with Crippen molar-refractivity contribution in [2.45, 2.75) is 20.3 Å². The van der Waals surface area contributed by atoms with Crippen molar-refractivity contribution in [3.05, 3.63) is 64.2 Å². The molecule has 0 bridgehead atoms. The Labute approximate surface area is 164 Å². The van der Waals surface area contributed by atoms with Crippen molar-refractivity contribution in [1.82, 2.24) is 19.7 Å². The van der Waals surface area contributed by atoms with E-state index in [1.807, 2.05) is 61.7 Å². The molecule has 0 spiro atoms. The standard InChI is InChI=1S/C19H17N5OS2/c1-3-14-12(2)27-19(20-14)22-18(25)16-21-17(15-10-7-11-26-15)24(23-16)13-8-5-4-6-9-13/h4-11H,3H2,1-2H3,(H,20,22,25). The minimum Gasteiger partial charge on any atom is -0.295 e. The van der Waals surface area contributed by atoms with Gasteiger partial charge in [-0.3, -0.25) is 10.1 Å². The van der Waals surface area contributed by atoms with Crippen molar-refractivity contribution < 1.29 is 4.79 Å². The van der Waals surface area contributed by atoms with Crippen LogP contribution in [0.15, 0.2) is 47.8 Å². The lowest BCUT2D eigenvalue weighted by molar-refractivity contribution is 0.101. The van der Waals surface area contributed by atoms with Gasteiger partial charge in [0.05, 0.1) is 16.3 Å². The number of aryl methyl sites for hydroxylation is 2. The smallest absolute Gasteiger partial charge is 0.295 e. The van der Waals surface area contributed by atoms with E-state index >= 15 is 0 Å². The molecule has 0 unspecified atom stereocenters. The Kier molecular flexibility index (Phi) is 4.83. The maximum atomic E-state index is 12.7. The predicted octanol–water partition coefficient (Wildman–Crippen LogP) is 4.58. The van der Waals surface area contributed by atoms with Crippen LogP contribution in [-0.2, 0) is 6.42 Å². The lowest BCUT2D eigenvalue weighted by Crippen LogP contribution is -2.14. The van der Waals surface area contributed by atoms with E-state index in [9.17, 15) is 4.79 Å². The number of nitrogens with one attached hydrogen (secondary N) is 1. The topological polar surface area (TPSA) is 72.7 Å². The molecule has 27 heavy (non-hydrogen) atoms. The van der Waals surface area contributed by atoms with E-state index in [-0.39, 0.29) is 11.7 Å². The fourth-order valence-corrected chi connectivity index (χ4v) is 4.28. The maximum Gasteiger partial charge on any atom is 0.297 e. The van der Waals surface area contributed by atoms with Crippen LogP contribution in [0.4, 0.5) is 5.13 Å². The van der Waals surface area contributed by atoms with Gasteiger partial charge in [-0.05, 0) is 36.9 Å². The first-order valence-corrected chi connectivity index (χ1v) is 10.2. The lowest BCUT2D eigenvalue weighted by atomic mass is 10.3. The third kappa shape index (κ3) is 3.54. The van der Waals surface area contributed by atoms with Gasteiger partial charge >= 0.3 is 0 Å². The van der Waals surface area contributed by atoms with Gasteiger partial charge in [0.2, 0.25) is 5.82 Å². The number of nitrogens with zero attached hydrogens (tertiary/aromatic N) is 4. The second kappa shape index (κ2) is 7.42. The van der Waals surface area contributed by atoms with E-state index in [0.717, 1.165) is 27.6 Å². The molecule has 1 amide bonds. The molecule has 8 heteroatoms. The van der Waals surface area contributed by atoms with E-state index in [2.05, 4.69) is 20.4 Å². The molecular weight excluding hydrogens is 378 g/mol. The first kappa shape index (κ1) is 17.6. The third-order valence-electron chi connectivity index (χ3n) is 4.00. The van der Waals surface area contributed by atoms with Gasteiger partial charge in [-0.1, -0.05) is 31.2 Å². The second-order valence-corrected chi connectivity index (χ2v) is 7.96. The molecule has 3 aromatic heterocycles. The molecule has 0 aliphatic rings. The summed E-state index contributed by atoms with van der Waals surface area (Å²) in [5.74, 6) is 0.401. The first-order chi connectivity index (χ1) is 13.2. The molecular formula is C19H17N5OS2. The highest BCUT2D eigenvalue weighted by molar-refractivity contribution is 7.15. The molecule has 1 N–H and O–H groups in total. The molecule has 0 fully saturated rings. The summed E-state index contributed by atoms with van der Waals surface area (Å²) in [6, 6.07) is 13.6. The molecule has 1 aromatic carbocycles. The first-order valence-electron chi connectivity index (χ1n) is 8.49. The number of thiophene rings is 1. The number of thiazole rings is 1. The van der Waals surface area contributed by atoms with Gasteiger partial charge in [-0.15, -0.1) is 27.8 Å². The molecule has 4 rings (SSSR count). The van der Waals surface area contributed by atoms with Gasteiger partial charge in [-0.25, -0.2) is 14.6 Å². The van der Waals surface area contributed by atoms with Gasteiger partial charge < -0.3 is 0 Å². The zero-order valence-electron chi connectivity index (χ0n) is 14.8. The quantitative estimate of drug-likeness (QED) is 0.537. The maximum absolute atomic E-state index is 12.7. The van der Waals surface area contributed by atoms with E-state index < -0.39 is 0 Å². The van der Waals surface area contributed by atoms with Gasteiger partial charge in [-0.2, -0.15) is 0 Å². The van der Waals surface area contributed by atoms with Gasteiger partial charge in [0, 0.05) is 4.88 Å². The SMILES string of the molecule is CCc1nc(NC(=O)c2nc(-c3cccs3)n(-c3ccccc3)n2)sc1C. The van der Waals surface area contributed by atoms with E-state index in [1.165, 1.54) is 11.3 Å². The molecule has 4 aromatic rings. The van der Waals surface area contributed by atoms with Crippen LogP contribution in [0.2, 0.25) is 0 Å². The molecule has 6 nitrogen and oxygen atoms in total. The number of aromatic nitrogens is 4. The van der Waals surface area contributed by atoms with Crippen LogP contribution in [0.5, 0.6) is 0 Å². The zero-order valence-corrected chi connectivity index (χ0v) is 16.5. The minimum atomic E-state index is -0.362. The highest BCUT2D eigenvalue weighted by Crippen LogP contribution is 2.26. The van der Waals surface area contributed by atoms with Crippen molar-refractivity contribution in [3.63, 3.8) is 0 Å². The van der Waals surface area contributed by atoms with Crippen LogP contribution in [0.25, 0.3) is 16.4 Å². The number of hydrogen-bond donors (Lipinski definition) is 1. The van der Waals surface area contributed by atoms with Crippen molar-refractivity contribution in [1.29, 1.82) is 0 Å². The number of amides is 1. The summed E-state index contributed by atoms with van der Waals surface area (Å²) in [5, 5.41) is 9.83. The number of hydrogen-bond acceptors (Lipinski definition) is 6. The molecule has 136 valence electrons. The number of anilines is 1. The molecule has 0 aliphatic carbocycles. The van der Waals surface area contributed by atoms with Crippen LogP contribution < -0.4 is 5.32 Å². The highest BCUT2D eigenvalue weighted by Gasteiger charge is 2.20. The average Bonchev–Trinajstić information content (AvgIpc) is 3.41. The van der Waals surface area contributed by atoms with E-state index in [0.29, 0.717) is 11.0 Å². The minimum absolute atomic E-state index is 0.119. The Morgan fingerprint density at radius 1 is 1.15 bits per heavy atom. The summed E-state index contributed by atoms with van der Waals surface area (Å²) in [4.78, 5) is 23.7. The fourth-order valence-electron chi connectivity index (χ4n) is 2.69. The molecule has 3 heterocycles. The lowest BCUT2D eigenvalue weighted by Gasteiger charge is -2.03. The van der Waals surface area contributed by atoms with Crippen molar-refractivity contribution in [2.24, 2.45) is 0 Å². The summed E-state index contributed by atoms with van der Waals surface area (Å²) >= 11 is 3.02. The highest BCUT2D eigenvalue weighted by atomic mass is 32.1. The normalized spacial score (nSPS) is 10.9. The Morgan fingerprint density at radius 3 is 2.63 bits per heavy atom. The molecule has 0 radical (unpaired) electrons. The molecule has 0 atom stereocenters. The van der Waals surface area contributed by atoms with Crippen LogP contribution in [0.3, 0.4) is 0 Å². The van der Waals surface area contributed by atoms with Crippen molar-refractivity contribution in [3.8, 4) is 16.4 Å². The second-order valence-electron chi connectivity index (χ2n) is 5.81. The number of carbonyl (C=O) groups is 1. The average molecular weight is 396 g/mol. The molecule has 0 saturated heterocycles. The summed E-state index contributed by atoms with van der Waals surface area (Å²) in [5.41, 5.74) is 1.85. The number of benzene rings is 1. The summed E-state index contributed by atoms with van der Waals surface area (Å²) < 4.78 is 1.70. The van der Waals surface area contributed by atoms with Gasteiger partial charge in [0.1, 0.15) is 0 Å². The predicted molar refractivity (Wildman–Crippen MR) is 109 cm³/mol. The Hall–Kier alpha value is -2.84. The monoisotopic (exact) mass is 395 g/mol. The van der Waals surface area contributed by atoms with E-state index in [4.69, 9.17) is 0 Å². The Balaban J connectivity index is 1.69. The van der Waals surface area contributed by atoms with Crippen LogP contribution >= 0.6 is 22.7 Å². The Morgan fingerprint density at radius 2 is 1.96 bits per heavy atom. The summed E-state index contributed by atoms with van der Waals surface area (Å²) in [6.07, 6.45) is 0.835. The largest absolute Gasteiger partial charge is 0.297 e. The van der Waals surface area contributed by atoms with E-state index in [1.54, 1.807) is 16.0 Å². The molecule has 0 aliphatic heterocycles. The van der Waals surface area contributed by atoms with Crippen molar-refractivity contribution in [2.75, 3.05) is 5.32 Å².